The molecular weight excluding hydrogens is 210 g/mol. The fraction of sp³-hybridized carbons (Fsp3) is 0.333. The zero-order chi connectivity index (χ0) is 12.1. The van der Waals surface area contributed by atoms with E-state index in [4.69, 9.17) is 4.74 Å². The van der Waals surface area contributed by atoms with Crippen LogP contribution in [0, 0.1) is 13.3 Å². The van der Waals surface area contributed by atoms with E-state index in [2.05, 4.69) is 30.5 Å². The molecule has 0 bridgehead atoms. The Balaban J connectivity index is 2.15. The third-order valence-corrected chi connectivity index (χ3v) is 2.59. The molecule has 0 N–H and O–H groups in total. The van der Waals surface area contributed by atoms with E-state index in [1.165, 1.54) is 5.56 Å². The first-order valence-electron chi connectivity index (χ1n) is 6.00. The third-order valence-electron chi connectivity index (χ3n) is 2.59. The first kappa shape index (κ1) is 11.9. The number of aryl methyl sites for hydroxylation is 1. The monoisotopic (exact) mass is 227 g/mol. The number of allylic oxidation sites excluding steroid dienone is 2. The van der Waals surface area contributed by atoms with Crippen LogP contribution < -0.4 is 0 Å². The Morgan fingerprint density at radius 3 is 2.76 bits per heavy atom. The Labute approximate surface area is 103 Å². The molecule has 0 spiro atoms. The molecule has 0 saturated carbocycles. The summed E-state index contributed by atoms with van der Waals surface area (Å²) in [6, 6.07) is 8.17. The SMILES string of the molecule is CCOC1=C/C(=N\c2ccc(C)cc2)[C]CC1. The van der Waals surface area contributed by atoms with Gasteiger partial charge in [-0.3, -0.25) is 4.99 Å². The molecule has 0 aromatic heterocycles. The lowest BCUT2D eigenvalue weighted by Gasteiger charge is -2.14. The molecule has 0 fully saturated rings. The molecule has 88 valence electrons. The first-order valence-corrected chi connectivity index (χ1v) is 6.00. The van der Waals surface area contributed by atoms with Gasteiger partial charge in [0, 0.05) is 12.8 Å². The van der Waals surface area contributed by atoms with Crippen LogP contribution in [0.15, 0.2) is 41.1 Å². The summed E-state index contributed by atoms with van der Waals surface area (Å²) in [7, 11) is 0. The van der Waals surface area contributed by atoms with Gasteiger partial charge in [-0.1, -0.05) is 17.7 Å². The topological polar surface area (TPSA) is 21.6 Å². The van der Waals surface area contributed by atoms with Gasteiger partial charge in [-0.2, -0.15) is 0 Å². The van der Waals surface area contributed by atoms with Crippen molar-refractivity contribution < 1.29 is 4.74 Å². The van der Waals surface area contributed by atoms with Gasteiger partial charge in [0.25, 0.3) is 0 Å². The van der Waals surface area contributed by atoms with Crippen molar-refractivity contribution in [2.24, 2.45) is 4.99 Å². The van der Waals surface area contributed by atoms with Crippen LogP contribution >= 0.6 is 0 Å². The maximum Gasteiger partial charge on any atom is 0.0978 e. The average Bonchev–Trinajstić information content (AvgIpc) is 2.33. The highest BCUT2D eigenvalue weighted by molar-refractivity contribution is 6.04. The molecule has 17 heavy (non-hydrogen) atoms. The molecule has 2 nitrogen and oxygen atoms in total. The van der Waals surface area contributed by atoms with E-state index < -0.39 is 0 Å². The van der Waals surface area contributed by atoms with E-state index in [-0.39, 0.29) is 0 Å². The molecule has 0 atom stereocenters. The summed E-state index contributed by atoms with van der Waals surface area (Å²) in [4.78, 5) is 4.54. The first-order chi connectivity index (χ1) is 8.28. The van der Waals surface area contributed by atoms with Crippen LogP contribution in [0.5, 0.6) is 0 Å². The van der Waals surface area contributed by atoms with Crippen LogP contribution in [0.25, 0.3) is 0 Å². The van der Waals surface area contributed by atoms with Crippen LogP contribution in [-0.4, -0.2) is 12.3 Å². The van der Waals surface area contributed by atoms with Crippen LogP contribution in [0.3, 0.4) is 0 Å². The van der Waals surface area contributed by atoms with Crippen molar-refractivity contribution in [2.45, 2.75) is 26.7 Å². The van der Waals surface area contributed by atoms with E-state index >= 15 is 0 Å². The second kappa shape index (κ2) is 5.67. The molecule has 1 aromatic rings. The molecule has 0 unspecified atom stereocenters. The van der Waals surface area contributed by atoms with Gasteiger partial charge in [0.1, 0.15) is 0 Å². The molecule has 2 heteroatoms. The van der Waals surface area contributed by atoms with Gasteiger partial charge < -0.3 is 4.74 Å². The van der Waals surface area contributed by atoms with Crippen LogP contribution in [0.4, 0.5) is 5.69 Å². The molecular formula is C15H17NO. The quantitative estimate of drug-likeness (QED) is 0.768. The lowest BCUT2D eigenvalue weighted by molar-refractivity contribution is 0.218. The second-order valence-electron chi connectivity index (χ2n) is 4.05. The number of rotatable bonds is 3. The number of hydrogen-bond donors (Lipinski definition) is 0. The van der Waals surface area contributed by atoms with Crippen LogP contribution in [0.2, 0.25) is 0 Å². The van der Waals surface area contributed by atoms with Crippen molar-refractivity contribution in [2.75, 3.05) is 6.61 Å². The number of benzene rings is 1. The summed E-state index contributed by atoms with van der Waals surface area (Å²) >= 11 is 0. The Morgan fingerprint density at radius 2 is 2.06 bits per heavy atom. The Morgan fingerprint density at radius 1 is 1.29 bits per heavy atom. The zero-order valence-electron chi connectivity index (χ0n) is 10.4. The lowest BCUT2D eigenvalue weighted by Crippen LogP contribution is -2.06. The molecule has 2 radical (unpaired) electrons. The van der Waals surface area contributed by atoms with Crippen LogP contribution in [-0.2, 0) is 4.74 Å². The average molecular weight is 227 g/mol. The lowest BCUT2D eigenvalue weighted by atomic mass is 10.0. The van der Waals surface area contributed by atoms with Gasteiger partial charge in [0.05, 0.1) is 23.8 Å². The third kappa shape index (κ3) is 3.45. The maximum atomic E-state index is 5.51. The summed E-state index contributed by atoms with van der Waals surface area (Å²) in [6.45, 7) is 4.78. The normalized spacial score (nSPS) is 18.0. The fourth-order valence-electron chi connectivity index (χ4n) is 1.72. The summed E-state index contributed by atoms with van der Waals surface area (Å²) < 4.78 is 5.51. The Kier molecular flexibility index (Phi) is 3.97. The van der Waals surface area contributed by atoms with Gasteiger partial charge in [-0.25, -0.2) is 0 Å². The van der Waals surface area contributed by atoms with Crippen molar-refractivity contribution in [3.63, 3.8) is 0 Å². The van der Waals surface area contributed by atoms with Gasteiger partial charge in [-0.05, 0) is 38.5 Å². The standard InChI is InChI=1S/C15H17NO/c1-3-17-15-6-4-5-14(11-15)16-13-9-7-12(2)8-10-13/h7-11H,3-4,6H2,1-2H3/b16-14-. The number of hydrogen-bond acceptors (Lipinski definition) is 2. The van der Waals surface area contributed by atoms with E-state index in [0.717, 1.165) is 30.0 Å². The summed E-state index contributed by atoms with van der Waals surface area (Å²) in [5.74, 6) is 1.01. The van der Waals surface area contributed by atoms with E-state index in [0.29, 0.717) is 6.61 Å². The molecule has 0 saturated heterocycles. The Hall–Kier alpha value is -1.57. The smallest absolute Gasteiger partial charge is 0.0978 e. The van der Waals surface area contributed by atoms with Crippen LogP contribution in [0.1, 0.15) is 25.3 Å². The van der Waals surface area contributed by atoms with Gasteiger partial charge in [-0.15, -0.1) is 0 Å². The predicted molar refractivity (Wildman–Crippen MR) is 70.5 cm³/mol. The number of aliphatic imine (C=N–C) groups is 1. The van der Waals surface area contributed by atoms with Gasteiger partial charge in [0.15, 0.2) is 0 Å². The summed E-state index contributed by atoms with van der Waals surface area (Å²) in [5, 5.41) is 0. The second-order valence-corrected chi connectivity index (χ2v) is 4.05. The molecule has 0 amide bonds. The van der Waals surface area contributed by atoms with E-state index in [1.807, 2.05) is 25.1 Å². The largest absolute Gasteiger partial charge is 0.498 e. The minimum absolute atomic E-state index is 0.712. The number of ether oxygens (including phenoxy) is 1. The maximum absolute atomic E-state index is 5.51. The van der Waals surface area contributed by atoms with Crippen molar-refractivity contribution in [3.05, 3.63) is 48.1 Å². The van der Waals surface area contributed by atoms with Gasteiger partial charge >= 0.3 is 0 Å². The summed E-state index contributed by atoms with van der Waals surface area (Å²) in [6.07, 6.45) is 7.06. The van der Waals surface area contributed by atoms with E-state index in [9.17, 15) is 0 Å². The number of nitrogens with zero attached hydrogens (tertiary/aromatic N) is 1. The molecule has 0 heterocycles. The molecule has 1 aliphatic rings. The van der Waals surface area contributed by atoms with Gasteiger partial charge in [0.2, 0.25) is 0 Å². The van der Waals surface area contributed by atoms with Crippen molar-refractivity contribution in [1.82, 2.24) is 0 Å². The minimum Gasteiger partial charge on any atom is -0.498 e. The zero-order valence-corrected chi connectivity index (χ0v) is 10.4. The fourth-order valence-corrected chi connectivity index (χ4v) is 1.72. The highest BCUT2D eigenvalue weighted by Crippen LogP contribution is 2.20. The Bertz CT molecular complexity index is 429. The van der Waals surface area contributed by atoms with E-state index in [1.54, 1.807) is 0 Å². The van der Waals surface area contributed by atoms with Crippen molar-refractivity contribution in [1.29, 1.82) is 0 Å². The molecule has 2 rings (SSSR count). The van der Waals surface area contributed by atoms with Crippen molar-refractivity contribution >= 4 is 11.4 Å². The highest BCUT2D eigenvalue weighted by atomic mass is 16.5. The molecule has 1 aromatic carbocycles. The summed E-state index contributed by atoms with van der Waals surface area (Å²) in [5.41, 5.74) is 3.09. The molecule has 1 aliphatic carbocycles. The molecule has 0 aliphatic heterocycles. The van der Waals surface area contributed by atoms with Crippen molar-refractivity contribution in [3.8, 4) is 0 Å². The minimum atomic E-state index is 0.712. The predicted octanol–water partition coefficient (Wildman–Crippen LogP) is 3.86. The highest BCUT2D eigenvalue weighted by Gasteiger charge is 2.10.